The van der Waals surface area contributed by atoms with Gasteiger partial charge in [0.05, 0.1) is 0 Å². The zero-order chi connectivity index (χ0) is 21.7. The summed E-state index contributed by atoms with van der Waals surface area (Å²) in [7, 11) is 0. The fourth-order valence-corrected chi connectivity index (χ4v) is 3.31. The predicted octanol–water partition coefficient (Wildman–Crippen LogP) is 3.33. The van der Waals surface area contributed by atoms with Crippen LogP contribution in [-0.4, -0.2) is 11.8 Å². The van der Waals surface area contributed by atoms with Crippen LogP contribution in [0.4, 0.5) is 11.4 Å². The maximum Gasteiger partial charge on any atom is 0.251 e. The van der Waals surface area contributed by atoms with Crippen LogP contribution in [0.2, 0.25) is 0 Å². The Kier molecular flexibility index (Phi) is 6.37. The molecule has 3 aromatic rings. The molecule has 3 aromatic carbocycles. The Bertz CT molecular complexity index is 1010. The number of amides is 2. The second-order valence-electron chi connectivity index (χ2n) is 7.36. The van der Waals surface area contributed by atoms with Crippen molar-refractivity contribution in [3.63, 3.8) is 0 Å². The molecule has 0 aliphatic carbocycles. The lowest BCUT2D eigenvalue weighted by molar-refractivity contribution is 0.0957. The maximum atomic E-state index is 11.0. The quantitative estimate of drug-likeness (QED) is 0.432. The molecule has 154 valence electrons. The highest BCUT2D eigenvalue weighted by molar-refractivity contribution is 5.99. The first-order valence-electron chi connectivity index (χ1n) is 9.70. The minimum Gasteiger partial charge on any atom is -0.399 e. The molecule has 2 aliphatic rings. The SMILES string of the molecule is Cc1cccc(C)c1.Nc1ccc2c(c1)CNC2=O.Nc1ccc2c(c1)CNC2=O. The van der Waals surface area contributed by atoms with E-state index in [-0.39, 0.29) is 11.8 Å². The van der Waals surface area contributed by atoms with E-state index in [1.807, 2.05) is 12.1 Å². The number of rotatable bonds is 0. The molecule has 0 saturated heterocycles. The van der Waals surface area contributed by atoms with Crippen molar-refractivity contribution in [2.75, 3.05) is 11.5 Å². The number of hydrogen-bond acceptors (Lipinski definition) is 4. The van der Waals surface area contributed by atoms with E-state index in [2.05, 4.69) is 48.7 Å². The van der Waals surface area contributed by atoms with Crippen LogP contribution < -0.4 is 22.1 Å². The van der Waals surface area contributed by atoms with Gasteiger partial charge in [0.15, 0.2) is 0 Å². The summed E-state index contributed by atoms with van der Waals surface area (Å²) in [4.78, 5) is 22.0. The lowest BCUT2D eigenvalue weighted by atomic mass is 10.1. The second-order valence-corrected chi connectivity index (χ2v) is 7.36. The van der Waals surface area contributed by atoms with Gasteiger partial charge >= 0.3 is 0 Å². The molecule has 5 rings (SSSR count). The number of fused-ring (bicyclic) bond motifs is 2. The Morgan fingerprint density at radius 1 is 0.667 bits per heavy atom. The average Bonchev–Trinajstić information content (AvgIpc) is 3.25. The molecule has 0 atom stereocenters. The van der Waals surface area contributed by atoms with Gasteiger partial charge in [-0.25, -0.2) is 0 Å². The average molecular weight is 402 g/mol. The van der Waals surface area contributed by atoms with Crippen molar-refractivity contribution in [2.24, 2.45) is 0 Å². The van der Waals surface area contributed by atoms with Crippen molar-refractivity contribution >= 4 is 23.2 Å². The van der Waals surface area contributed by atoms with E-state index in [4.69, 9.17) is 11.5 Å². The fraction of sp³-hybridized carbons (Fsp3) is 0.167. The molecule has 6 heteroatoms. The zero-order valence-electron chi connectivity index (χ0n) is 17.2. The van der Waals surface area contributed by atoms with Crippen molar-refractivity contribution in [3.8, 4) is 0 Å². The van der Waals surface area contributed by atoms with Gasteiger partial charge < -0.3 is 22.1 Å². The van der Waals surface area contributed by atoms with E-state index in [1.165, 1.54) is 11.1 Å². The van der Waals surface area contributed by atoms with E-state index >= 15 is 0 Å². The highest BCUT2D eigenvalue weighted by atomic mass is 16.2. The van der Waals surface area contributed by atoms with Gasteiger partial charge in [-0.15, -0.1) is 0 Å². The van der Waals surface area contributed by atoms with Crippen LogP contribution in [0.5, 0.6) is 0 Å². The summed E-state index contributed by atoms with van der Waals surface area (Å²) in [6.45, 7) is 5.43. The van der Waals surface area contributed by atoms with Gasteiger partial charge in [-0.3, -0.25) is 9.59 Å². The summed E-state index contributed by atoms with van der Waals surface area (Å²) in [6.07, 6.45) is 0. The lowest BCUT2D eigenvalue weighted by Gasteiger charge is -1.95. The summed E-state index contributed by atoms with van der Waals surface area (Å²) in [6, 6.07) is 19.1. The Morgan fingerprint density at radius 2 is 1.10 bits per heavy atom. The number of carbonyl (C=O) groups is 2. The van der Waals surface area contributed by atoms with Crippen LogP contribution in [0.25, 0.3) is 0 Å². The van der Waals surface area contributed by atoms with Crippen molar-refractivity contribution in [1.82, 2.24) is 10.6 Å². The van der Waals surface area contributed by atoms with Crippen LogP contribution in [0.1, 0.15) is 43.0 Å². The van der Waals surface area contributed by atoms with Gasteiger partial charge in [0.25, 0.3) is 11.8 Å². The fourth-order valence-electron chi connectivity index (χ4n) is 3.31. The first kappa shape index (κ1) is 20.9. The predicted molar refractivity (Wildman–Crippen MR) is 120 cm³/mol. The molecule has 0 unspecified atom stereocenters. The van der Waals surface area contributed by atoms with Crippen LogP contribution >= 0.6 is 0 Å². The molecule has 2 aliphatic heterocycles. The summed E-state index contributed by atoms with van der Waals surface area (Å²) >= 11 is 0. The molecule has 2 heterocycles. The molecule has 6 nitrogen and oxygen atoms in total. The molecule has 0 radical (unpaired) electrons. The molecule has 2 amide bonds. The molecule has 0 aromatic heterocycles. The number of anilines is 2. The molecular formula is C24H26N4O2. The van der Waals surface area contributed by atoms with E-state index in [9.17, 15) is 9.59 Å². The third-order valence-corrected chi connectivity index (χ3v) is 4.80. The number of nitrogen functional groups attached to an aromatic ring is 2. The second kappa shape index (κ2) is 9.13. The Hall–Kier alpha value is -3.80. The third kappa shape index (κ3) is 5.17. The monoisotopic (exact) mass is 402 g/mol. The molecule has 0 saturated carbocycles. The van der Waals surface area contributed by atoms with E-state index in [0.717, 1.165) is 22.3 Å². The molecule has 0 fully saturated rings. The van der Waals surface area contributed by atoms with Crippen LogP contribution in [0, 0.1) is 13.8 Å². The number of nitrogens with two attached hydrogens (primary N) is 2. The van der Waals surface area contributed by atoms with Crippen LogP contribution in [0.15, 0.2) is 60.7 Å². The minimum atomic E-state index is 0.000000000000000222. The third-order valence-electron chi connectivity index (χ3n) is 4.80. The van der Waals surface area contributed by atoms with Gasteiger partial charge in [-0.1, -0.05) is 35.4 Å². The zero-order valence-corrected chi connectivity index (χ0v) is 17.2. The number of nitrogens with one attached hydrogen (secondary N) is 2. The minimum absolute atomic E-state index is 0.000000000000000222. The Morgan fingerprint density at radius 3 is 1.47 bits per heavy atom. The van der Waals surface area contributed by atoms with Crippen LogP contribution in [-0.2, 0) is 13.1 Å². The van der Waals surface area contributed by atoms with E-state index in [1.54, 1.807) is 24.3 Å². The number of carbonyl (C=O) groups excluding carboxylic acids is 2. The Balaban J connectivity index is 0.000000130. The van der Waals surface area contributed by atoms with Gasteiger partial charge in [-0.2, -0.15) is 0 Å². The standard InChI is InChI=1S/2C8H8N2O.C8H10/c2*9-6-1-2-7-5(3-6)4-10-8(7)11;1-7-4-3-5-8(2)6-7/h2*1-3H,4,9H2,(H,10,11);3-6H,1-2H3. The smallest absolute Gasteiger partial charge is 0.251 e. The highest BCUT2D eigenvalue weighted by Crippen LogP contribution is 2.18. The first-order valence-corrected chi connectivity index (χ1v) is 9.70. The van der Waals surface area contributed by atoms with Crippen molar-refractivity contribution in [1.29, 1.82) is 0 Å². The van der Waals surface area contributed by atoms with Gasteiger partial charge in [-0.05, 0) is 61.4 Å². The molecule has 0 bridgehead atoms. The summed E-state index contributed by atoms with van der Waals surface area (Å²) in [5.41, 5.74) is 18.7. The van der Waals surface area contributed by atoms with Crippen LogP contribution in [0.3, 0.4) is 0 Å². The summed E-state index contributed by atoms with van der Waals surface area (Å²) in [5, 5.41) is 5.44. The van der Waals surface area contributed by atoms with Gasteiger partial charge in [0, 0.05) is 35.6 Å². The first-order chi connectivity index (χ1) is 14.3. The molecule has 0 spiro atoms. The normalized spacial score (nSPS) is 13.0. The van der Waals surface area contributed by atoms with E-state index < -0.39 is 0 Å². The van der Waals surface area contributed by atoms with E-state index in [0.29, 0.717) is 24.5 Å². The van der Waals surface area contributed by atoms with Crippen molar-refractivity contribution < 1.29 is 9.59 Å². The van der Waals surface area contributed by atoms with Crippen molar-refractivity contribution in [2.45, 2.75) is 26.9 Å². The van der Waals surface area contributed by atoms with Crippen molar-refractivity contribution in [3.05, 3.63) is 94.0 Å². The number of hydrogen-bond donors (Lipinski definition) is 4. The molecular weight excluding hydrogens is 376 g/mol. The largest absolute Gasteiger partial charge is 0.399 e. The highest BCUT2D eigenvalue weighted by Gasteiger charge is 2.18. The summed E-state index contributed by atoms with van der Waals surface area (Å²) < 4.78 is 0. The summed E-state index contributed by atoms with van der Waals surface area (Å²) in [5.74, 6) is 0.000000000000000444. The lowest BCUT2D eigenvalue weighted by Crippen LogP contribution is -2.12. The Labute approximate surface area is 176 Å². The van der Waals surface area contributed by atoms with Gasteiger partial charge in [0.1, 0.15) is 0 Å². The van der Waals surface area contributed by atoms with Gasteiger partial charge in [0.2, 0.25) is 0 Å². The topological polar surface area (TPSA) is 110 Å². The molecule has 30 heavy (non-hydrogen) atoms. The number of aryl methyl sites for hydroxylation is 2. The maximum absolute atomic E-state index is 11.0. The molecule has 6 N–H and O–H groups in total. The number of benzene rings is 3.